The number of hydrogen-bond donors (Lipinski definition) is 0. The normalized spacial score (nSPS) is 5.60. The molecule has 4 heteroatoms. The molecule has 0 saturated heterocycles. The second-order valence-electron chi connectivity index (χ2n) is 0.519. The molecular formula is CH3NbOSiTa. The Morgan fingerprint density at radius 1 is 1.80 bits per heavy atom. The van der Waals surface area contributed by atoms with Crippen molar-refractivity contribution >= 4 is 13.9 Å². The molecule has 5 heavy (non-hydrogen) atoms. The van der Waals surface area contributed by atoms with E-state index in [4.69, 9.17) is 0 Å². The number of carbonyl (C=O) groups is 1. The molecule has 0 aliphatic carbocycles. The summed E-state index contributed by atoms with van der Waals surface area (Å²) in [5.41, 5.74) is 0. The van der Waals surface area contributed by atoms with Crippen LogP contribution in [-0.4, -0.2) is 13.9 Å². The first-order chi connectivity index (χ1) is 1.73. The SMILES string of the molecule is O=[C]([SiH3])[Ta].[Nb]. The zero-order valence-electron chi connectivity index (χ0n) is 2.80. The fourth-order valence-corrected chi connectivity index (χ4v) is 0. The molecule has 27 valence electrons. The van der Waals surface area contributed by atoms with E-state index < -0.39 is 0 Å². The summed E-state index contributed by atoms with van der Waals surface area (Å²) < 4.78 is 0.417. The Hall–Kier alpha value is 1.37. The van der Waals surface area contributed by atoms with Crippen LogP contribution in [0.15, 0.2) is 0 Å². The minimum atomic E-state index is 0. The van der Waals surface area contributed by atoms with E-state index in [9.17, 15) is 4.79 Å². The van der Waals surface area contributed by atoms with Gasteiger partial charge in [-0.3, -0.25) is 0 Å². The number of hydrogen-bond acceptors (Lipinski definition) is 1. The quantitative estimate of drug-likeness (QED) is 0.521. The van der Waals surface area contributed by atoms with Crippen LogP contribution in [0.2, 0.25) is 0 Å². The zero-order valence-corrected chi connectivity index (χ0v) is 10.2. The van der Waals surface area contributed by atoms with Gasteiger partial charge in [0.1, 0.15) is 0 Å². The second-order valence-corrected chi connectivity index (χ2v) is 6.85. The average molecular weight is 333 g/mol. The Labute approximate surface area is 61.7 Å². The minimum absolute atomic E-state index is 0. The maximum atomic E-state index is 9.56. The molecule has 0 fully saturated rings. The molecule has 0 N–H and O–H groups in total. The Morgan fingerprint density at radius 3 is 1.80 bits per heavy atom. The van der Waals surface area contributed by atoms with Crippen molar-refractivity contribution in [3.05, 3.63) is 0 Å². The van der Waals surface area contributed by atoms with Gasteiger partial charge in [0, 0.05) is 22.4 Å². The standard InChI is InChI=1S/CH3OSi.Nb.Ta/c2-1-3;;/h3H3;;. The van der Waals surface area contributed by atoms with Crippen LogP contribution in [0.4, 0.5) is 4.79 Å². The Morgan fingerprint density at radius 2 is 1.80 bits per heavy atom. The van der Waals surface area contributed by atoms with Gasteiger partial charge in [0.15, 0.2) is 0 Å². The van der Waals surface area contributed by atoms with E-state index in [1.807, 2.05) is 0 Å². The number of rotatable bonds is 0. The molecule has 0 aromatic rings. The molecular weight excluding hydrogens is 330 g/mol. The molecule has 1 radical (unpaired) electrons. The van der Waals surface area contributed by atoms with Gasteiger partial charge in [-0.05, 0) is 0 Å². The van der Waals surface area contributed by atoms with Crippen molar-refractivity contribution in [1.29, 1.82) is 0 Å². The molecule has 1 nitrogen and oxygen atoms in total. The van der Waals surface area contributed by atoms with Gasteiger partial charge in [0.25, 0.3) is 0 Å². The average Bonchev–Trinajstić information content (AvgIpc) is 0.811. The third kappa shape index (κ3) is 32.6. The fraction of sp³-hybridized carbons (Fsp3) is 0. The third-order valence-electron chi connectivity index (χ3n) is 0. The summed E-state index contributed by atoms with van der Waals surface area (Å²) in [5.74, 6) is 0. The molecule has 0 aromatic heterocycles. The molecule has 0 amide bonds. The van der Waals surface area contributed by atoms with E-state index >= 15 is 0 Å². The van der Waals surface area contributed by atoms with Crippen molar-refractivity contribution < 1.29 is 48.2 Å². The molecule has 0 rings (SSSR count). The van der Waals surface area contributed by atoms with Gasteiger partial charge < -0.3 is 0 Å². The van der Waals surface area contributed by atoms with Crippen LogP contribution in [0.1, 0.15) is 0 Å². The molecule has 0 aliphatic heterocycles. The van der Waals surface area contributed by atoms with Crippen LogP contribution in [0.25, 0.3) is 0 Å². The first-order valence-corrected chi connectivity index (χ1v) is 3.53. The summed E-state index contributed by atoms with van der Waals surface area (Å²) >= 11 is 0.935. The van der Waals surface area contributed by atoms with Crippen LogP contribution < -0.4 is 0 Å². The van der Waals surface area contributed by atoms with E-state index in [-0.39, 0.29) is 22.4 Å². The molecule has 0 heterocycles. The van der Waals surface area contributed by atoms with E-state index in [1.165, 1.54) is 0 Å². The van der Waals surface area contributed by atoms with Gasteiger partial charge in [0.2, 0.25) is 0 Å². The summed E-state index contributed by atoms with van der Waals surface area (Å²) in [6, 6.07) is 0. The Kier molecular flexibility index (Phi) is 10.3. The zero-order chi connectivity index (χ0) is 3.58. The van der Waals surface area contributed by atoms with Gasteiger partial charge in [0.05, 0.1) is 0 Å². The topological polar surface area (TPSA) is 17.1 Å². The summed E-state index contributed by atoms with van der Waals surface area (Å²) in [6.07, 6.45) is 0. The van der Waals surface area contributed by atoms with Gasteiger partial charge in [-0.1, -0.05) is 0 Å². The molecule has 0 spiro atoms. The monoisotopic (exact) mass is 333 g/mol. The molecule has 0 bridgehead atoms. The number of carbonyl (C=O) groups excluding carboxylic acids is 1. The van der Waals surface area contributed by atoms with E-state index in [2.05, 4.69) is 0 Å². The predicted octanol–water partition coefficient (Wildman–Crippen LogP) is -0.984. The van der Waals surface area contributed by atoms with Crippen molar-refractivity contribution in [2.24, 2.45) is 0 Å². The smallest absolute Gasteiger partial charge is 0 e. The van der Waals surface area contributed by atoms with Gasteiger partial charge in [-0.2, -0.15) is 0 Å². The maximum absolute atomic E-state index is 9.56. The van der Waals surface area contributed by atoms with Gasteiger partial charge in [-0.15, -0.1) is 0 Å². The van der Waals surface area contributed by atoms with Crippen LogP contribution >= 0.6 is 0 Å². The van der Waals surface area contributed by atoms with Crippen molar-refractivity contribution in [2.45, 2.75) is 0 Å². The van der Waals surface area contributed by atoms with Gasteiger partial charge in [-0.25, -0.2) is 0 Å². The molecule has 0 unspecified atom stereocenters. The molecule has 0 aromatic carbocycles. The van der Waals surface area contributed by atoms with Crippen molar-refractivity contribution in [1.82, 2.24) is 0 Å². The fourth-order valence-electron chi connectivity index (χ4n) is 0. The van der Waals surface area contributed by atoms with Crippen LogP contribution in [0.5, 0.6) is 0 Å². The van der Waals surface area contributed by atoms with Crippen LogP contribution in [0.3, 0.4) is 0 Å². The summed E-state index contributed by atoms with van der Waals surface area (Å²) in [7, 11) is 0.759. The predicted molar refractivity (Wildman–Crippen MR) is 15.3 cm³/mol. The minimum Gasteiger partial charge on any atom is 0 e. The summed E-state index contributed by atoms with van der Waals surface area (Å²) in [6.45, 7) is 0. The van der Waals surface area contributed by atoms with Crippen molar-refractivity contribution in [3.8, 4) is 0 Å². The summed E-state index contributed by atoms with van der Waals surface area (Å²) in [4.78, 5) is 9.56. The van der Waals surface area contributed by atoms with Crippen LogP contribution in [0, 0.1) is 0 Å². The molecule has 0 saturated carbocycles. The Balaban J connectivity index is 0. The summed E-state index contributed by atoms with van der Waals surface area (Å²) in [5, 5.41) is 0. The largest absolute Gasteiger partial charge is 0 e. The Bertz CT molecular complexity index is 34.6. The van der Waals surface area contributed by atoms with Crippen molar-refractivity contribution in [3.63, 3.8) is 0 Å². The van der Waals surface area contributed by atoms with E-state index in [0.717, 1.165) is 31.3 Å². The van der Waals surface area contributed by atoms with Gasteiger partial charge >= 0.3 is 39.7 Å². The third-order valence-corrected chi connectivity index (χ3v) is 0. The van der Waals surface area contributed by atoms with E-state index in [0.29, 0.717) is 3.62 Å². The maximum Gasteiger partial charge on any atom is 0 e. The molecule has 0 aliphatic rings. The molecule has 0 atom stereocenters. The second kappa shape index (κ2) is 5.37. The first-order valence-electron chi connectivity index (χ1n) is 0.928. The van der Waals surface area contributed by atoms with Crippen molar-refractivity contribution in [2.75, 3.05) is 0 Å². The van der Waals surface area contributed by atoms with Crippen LogP contribution in [-0.2, 0) is 43.4 Å². The first kappa shape index (κ1) is 9.62. The van der Waals surface area contributed by atoms with E-state index in [1.54, 1.807) is 0 Å².